The van der Waals surface area contributed by atoms with Crippen LogP contribution in [0.15, 0.2) is 30.6 Å². The Balaban J connectivity index is 2.30. The Labute approximate surface area is 104 Å². The van der Waals surface area contributed by atoms with Gasteiger partial charge in [0.2, 0.25) is 5.91 Å². The van der Waals surface area contributed by atoms with E-state index in [9.17, 15) is 9.59 Å². The zero-order valence-electron chi connectivity index (χ0n) is 9.61. The molecule has 3 N–H and O–H groups in total. The number of amides is 1. The van der Waals surface area contributed by atoms with Gasteiger partial charge in [-0.15, -0.1) is 0 Å². The lowest BCUT2D eigenvalue weighted by molar-refractivity contribution is -0.147. The van der Waals surface area contributed by atoms with Gasteiger partial charge in [0.05, 0.1) is 0 Å². The molecule has 0 saturated heterocycles. The maximum atomic E-state index is 11.3. The van der Waals surface area contributed by atoms with Crippen molar-refractivity contribution >= 4 is 18.0 Å². The third-order valence-corrected chi connectivity index (χ3v) is 2.11. The van der Waals surface area contributed by atoms with Crippen LogP contribution in [0.25, 0.3) is 6.08 Å². The topological polar surface area (TPSA) is 99.5 Å². The third-order valence-electron chi connectivity index (χ3n) is 2.11. The van der Waals surface area contributed by atoms with Crippen LogP contribution < -0.4 is 5.32 Å². The number of rotatable bonds is 6. The van der Waals surface area contributed by atoms with Crippen LogP contribution in [0, 0.1) is 0 Å². The van der Waals surface area contributed by atoms with Crippen LogP contribution >= 0.6 is 0 Å². The quantitative estimate of drug-likeness (QED) is 0.619. The van der Waals surface area contributed by atoms with Gasteiger partial charge >= 0.3 is 5.97 Å². The van der Waals surface area contributed by atoms with Crippen LogP contribution in [-0.2, 0) is 9.59 Å². The van der Waals surface area contributed by atoms with Crippen molar-refractivity contribution in [3.8, 4) is 0 Å². The predicted octanol–water partition coefficient (Wildman–Crippen LogP) is 0.0466. The van der Waals surface area contributed by atoms with E-state index in [1.54, 1.807) is 30.6 Å². The van der Waals surface area contributed by atoms with Gasteiger partial charge in [-0.25, -0.2) is 4.79 Å². The SMILES string of the molecule is O=C(/C=C/c1cccnc1)NCCC(O)C(=O)O. The first kappa shape index (κ1) is 13.9. The van der Waals surface area contributed by atoms with E-state index in [0.29, 0.717) is 0 Å². The molecule has 1 heterocycles. The number of carboxylic acid groups (broad SMARTS) is 1. The lowest BCUT2D eigenvalue weighted by atomic mass is 10.2. The highest BCUT2D eigenvalue weighted by Crippen LogP contribution is 1.98. The van der Waals surface area contributed by atoms with Crippen molar-refractivity contribution in [1.82, 2.24) is 10.3 Å². The predicted molar refractivity (Wildman–Crippen MR) is 64.5 cm³/mol. The molecule has 0 fully saturated rings. The van der Waals surface area contributed by atoms with Crippen LogP contribution in [0.1, 0.15) is 12.0 Å². The zero-order chi connectivity index (χ0) is 13.4. The highest BCUT2D eigenvalue weighted by molar-refractivity contribution is 5.91. The number of carbonyl (C=O) groups is 2. The van der Waals surface area contributed by atoms with Gasteiger partial charge in [0.1, 0.15) is 0 Å². The molecule has 96 valence electrons. The van der Waals surface area contributed by atoms with Gasteiger partial charge in [-0.3, -0.25) is 9.78 Å². The Bertz CT molecular complexity index is 431. The molecule has 1 aromatic heterocycles. The maximum absolute atomic E-state index is 11.3. The van der Waals surface area contributed by atoms with E-state index in [1.807, 2.05) is 0 Å². The molecule has 0 aliphatic carbocycles. The van der Waals surface area contributed by atoms with Crippen molar-refractivity contribution in [1.29, 1.82) is 0 Å². The summed E-state index contributed by atoms with van der Waals surface area (Å²) in [5.74, 6) is -1.65. The molecule has 1 unspecified atom stereocenters. The molecule has 0 aliphatic heterocycles. The number of nitrogens with one attached hydrogen (secondary N) is 1. The molecule has 0 radical (unpaired) electrons. The summed E-state index contributed by atoms with van der Waals surface area (Å²) in [6, 6.07) is 3.55. The van der Waals surface area contributed by atoms with E-state index in [-0.39, 0.29) is 18.9 Å². The molecule has 0 bridgehead atoms. The Kier molecular flexibility index (Phi) is 5.53. The third kappa shape index (κ3) is 5.22. The Morgan fingerprint density at radius 1 is 1.50 bits per heavy atom. The average Bonchev–Trinajstić information content (AvgIpc) is 2.37. The van der Waals surface area contributed by atoms with E-state index in [2.05, 4.69) is 10.3 Å². The molecule has 1 aromatic rings. The smallest absolute Gasteiger partial charge is 0.332 e. The summed E-state index contributed by atoms with van der Waals surface area (Å²) in [5, 5.41) is 19.9. The van der Waals surface area contributed by atoms with Gasteiger partial charge in [-0.1, -0.05) is 6.07 Å². The number of aliphatic hydroxyl groups excluding tert-OH is 1. The van der Waals surface area contributed by atoms with E-state index in [1.165, 1.54) is 6.08 Å². The van der Waals surface area contributed by atoms with Gasteiger partial charge in [0.15, 0.2) is 6.10 Å². The largest absolute Gasteiger partial charge is 0.479 e. The molecular formula is C12H14N2O4. The minimum Gasteiger partial charge on any atom is -0.479 e. The lowest BCUT2D eigenvalue weighted by Gasteiger charge is -2.05. The van der Waals surface area contributed by atoms with Crippen LogP contribution in [-0.4, -0.2) is 39.7 Å². The van der Waals surface area contributed by atoms with Crippen LogP contribution in [0.4, 0.5) is 0 Å². The van der Waals surface area contributed by atoms with Crippen LogP contribution in [0.5, 0.6) is 0 Å². The highest BCUT2D eigenvalue weighted by atomic mass is 16.4. The van der Waals surface area contributed by atoms with Crippen molar-refractivity contribution in [2.45, 2.75) is 12.5 Å². The molecule has 6 nitrogen and oxygen atoms in total. The first-order chi connectivity index (χ1) is 8.59. The number of hydrogen-bond donors (Lipinski definition) is 3. The van der Waals surface area contributed by atoms with E-state index < -0.39 is 12.1 Å². The first-order valence-corrected chi connectivity index (χ1v) is 5.36. The van der Waals surface area contributed by atoms with Crippen LogP contribution in [0.3, 0.4) is 0 Å². The lowest BCUT2D eigenvalue weighted by Crippen LogP contribution is -2.28. The van der Waals surface area contributed by atoms with E-state index in [0.717, 1.165) is 5.56 Å². The number of aliphatic hydroxyl groups is 1. The number of carboxylic acids is 1. The summed E-state index contributed by atoms with van der Waals surface area (Å²) in [4.78, 5) is 25.5. The molecular weight excluding hydrogens is 236 g/mol. The second-order valence-electron chi connectivity index (χ2n) is 3.55. The summed E-state index contributed by atoms with van der Waals surface area (Å²) in [5.41, 5.74) is 0.790. The van der Waals surface area contributed by atoms with Gasteiger partial charge in [0.25, 0.3) is 0 Å². The highest BCUT2D eigenvalue weighted by Gasteiger charge is 2.12. The molecule has 1 amide bonds. The van der Waals surface area contributed by atoms with Crippen molar-refractivity contribution in [2.75, 3.05) is 6.54 Å². The van der Waals surface area contributed by atoms with Gasteiger partial charge < -0.3 is 15.5 Å². The Morgan fingerprint density at radius 3 is 2.89 bits per heavy atom. The Morgan fingerprint density at radius 2 is 2.28 bits per heavy atom. The molecule has 0 aliphatic rings. The van der Waals surface area contributed by atoms with Gasteiger partial charge in [-0.2, -0.15) is 0 Å². The van der Waals surface area contributed by atoms with Crippen molar-refractivity contribution in [2.24, 2.45) is 0 Å². The van der Waals surface area contributed by atoms with Crippen molar-refractivity contribution in [3.05, 3.63) is 36.2 Å². The summed E-state index contributed by atoms with van der Waals surface area (Å²) in [7, 11) is 0. The second-order valence-corrected chi connectivity index (χ2v) is 3.55. The summed E-state index contributed by atoms with van der Waals surface area (Å²) in [6.07, 6.45) is 4.68. The van der Waals surface area contributed by atoms with Crippen molar-refractivity contribution < 1.29 is 19.8 Å². The number of pyridine rings is 1. The second kappa shape index (κ2) is 7.18. The molecule has 0 spiro atoms. The summed E-state index contributed by atoms with van der Waals surface area (Å²) < 4.78 is 0. The Hall–Kier alpha value is -2.21. The van der Waals surface area contributed by atoms with Crippen LogP contribution in [0.2, 0.25) is 0 Å². The van der Waals surface area contributed by atoms with E-state index >= 15 is 0 Å². The monoisotopic (exact) mass is 250 g/mol. The number of hydrogen-bond acceptors (Lipinski definition) is 4. The number of nitrogens with zero attached hydrogens (tertiary/aromatic N) is 1. The number of aliphatic carboxylic acids is 1. The summed E-state index contributed by atoms with van der Waals surface area (Å²) >= 11 is 0. The molecule has 6 heteroatoms. The van der Waals surface area contributed by atoms with E-state index in [4.69, 9.17) is 10.2 Å². The fraction of sp³-hybridized carbons (Fsp3) is 0.250. The summed E-state index contributed by atoms with van der Waals surface area (Å²) in [6.45, 7) is 0.101. The molecule has 0 aromatic carbocycles. The maximum Gasteiger partial charge on any atom is 0.332 e. The normalized spacial score (nSPS) is 12.3. The first-order valence-electron chi connectivity index (χ1n) is 5.36. The average molecular weight is 250 g/mol. The minimum atomic E-state index is -1.45. The van der Waals surface area contributed by atoms with Gasteiger partial charge in [-0.05, 0) is 17.7 Å². The van der Waals surface area contributed by atoms with Crippen molar-refractivity contribution in [3.63, 3.8) is 0 Å². The molecule has 1 rings (SSSR count). The minimum absolute atomic E-state index is 0.0260. The van der Waals surface area contributed by atoms with Gasteiger partial charge in [0, 0.05) is 31.4 Å². The zero-order valence-corrected chi connectivity index (χ0v) is 9.61. The fourth-order valence-corrected chi connectivity index (χ4v) is 1.16. The fourth-order valence-electron chi connectivity index (χ4n) is 1.16. The number of carbonyl (C=O) groups excluding carboxylic acids is 1. The number of aromatic nitrogens is 1. The molecule has 1 atom stereocenters. The standard InChI is InChI=1S/C12H14N2O4/c15-10(12(17)18)5-7-14-11(16)4-3-9-2-1-6-13-8-9/h1-4,6,8,10,15H,5,7H2,(H,14,16)(H,17,18)/b4-3+. The molecule has 0 saturated carbocycles. The molecule has 18 heavy (non-hydrogen) atoms.